The summed E-state index contributed by atoms with van der Waals surface area (Å²) < 4.78 is 18.8. The Hall–Kier alpha value is -3.42. The van der Waals surface area contributed by atoms with Gasteiger partial charge in [-0.15, -0.1) is 0 Å². The first-order chi connectivity index (χ1) is 14.9. The molecule has 2 heterocycles. The Morgan fingerprint density at radius 3 is 2.52 bits per heavy atom. The number of carbonyl (C=O) groups is 3. The van der Waals surface area contributed by atoms with Gasteiger partial charge in [0.05, 0.1) is 5.69 Å². The molecule has 1 atom stereocenters. The molecule has 2 aliphatic heterocycles. The minimum atomic E-state index is -0.707. The molecule has 1 saturated heterocycles. The highest BCUT2D eigenvalue weighted by atomic mass is 19.1. The Balaban J connectivity index is 1.56. The third-order valence-corrected chi connectivity index (χ3v) is 5.53. The first-order valence-electron chi connectivity index (χ1n) is 10.4. The van der Waals surface area contributed by atoms with Crippen molar-refractivity contribution in [2.24, 2.45) is 0 Å². The molecule has 2 aliphatic rings. The second-order valence-electron chi connectivity index (χ2n) is 7.77. The summed E-state index contributed by atoms with van der Waals surface area (Å²) in [7, 11) is 0. The van der Waals surface area contributed by atoms with E-state index in [1.165, 1.54) is 29.2 Å². The summed E-state index contributed by atoms with van der Waals surface area (Å²) in [5.41, 5.74) is 1.18. The van der Waals surface area contributed by atoms with Gasteiger partial charge in [0.2, 0.25) is 5.91 Å². The molecular weight excluding hydrogens is 401 g/mol. The first-order valence-corrected chi connectivity index (χ1v) is 10.4. The van der Waals surface area contributed by atoms with Crippen LogP contribution in [0.3, 0.4) is 0 Å². The number of carbonyl (C=O) groups excluding carboxylic acids is 3. The second-order valence-corrected chi connectivity index (χ2v) is 7.77. The Morgan fingerprint density at radius 1 is 1.10 bits per heavy atom. The molecule has 8 heteroatoms. The third kappa shape index (κ3) is 4.52. The lowest BCUT2D eigenvalue weighted by Gasteiger charge is -2.35. The zero-order valence-electron chi connectivity index (χ0n) is 17.3. The number of piperidine rings is 1. The van der Waals surface area contributed by atoms with Crippen LogP contribution in [0, 0.1) is 5.82 Å². The van der Waals surface area contributed by atoms with Crippen molar-refractivity contribution in [2.45, 2.75) is 32.3 Å². The smallest absolute Gasteiger partial charge is 0.268 e. The monoisotopic (exact) mass is 425 g/mol. The third-order valence-electron chi connectivity index (χ3n) is 5.53. The van der Waals surface area contributed by atoms with Crippen LogP contribution in [0.25, 0.3) is 0 Å². The molecule has 7 nitrogen and oxygen atoms in total. The van der Waals surface area contributed by atoms with Crippen LogP contribution in [0.2, 0.25) is 0 Å². The number of hydrogen-bond acceptors (Lipinski definition) is 4. The molecule has 4 rings (SSSR count). The molecule has 0 bridgehead atoms. The topological polar surface area (TPSA) is 79.0 Å². The number of halogens is 1. The Labute approximate surface area is 179 Å². The molecule has 0 aromatic heterocycles. The van der Waals surface area contributed by atoms with E-state index in [4.69, 9.17) is 4.74 Å². The van der Waals surface area contributed by atoms with Crippen LogP contribution in [0.5, 0.6) is 5.75 Å². The van der Waals surface area contributed by atoms with Crippen LogP contribution in [-0.2, 0) is 9.59 Å². The number of nitrogens with zero attached hydrogens (tertiary/aromatic N) is 2. The van der Waals surface area contributed by atoms with Gasteiger partial charge >= 0.3 is 0 Å². The number of amides is 3. The summed E-state index contributed by atoms with van der Waals surface area (Å²) in [4.78, 5) is 41.3. The van der Waals surface area contributed by atoms with Gasteiger partial charge < -0.3 is 15.0 Å². The van der Waals surface area contributed by atoms with E-state index in [9.17, 15) is 18.8 Å². The summed E-state index contributed by atoms with van der Waals surface area (Å²) in [5, 5.41) is 2.74. The molecule has 1 unspecified atom stereocenters. The van der Waals surface area contributed by atoms with Crippen LogP contribution in [0.15, 0.2) is 42.5 Å². The first kappa shape index (κ1) is 20.8. The zero-order valence-corrected chi connectivity index (χ0v) is 17.3. The van der Waals surface area contributed by atoms with Gasteiger partial charge in [-0.3, -0.25) is 19.3 Å². The quantitative estimate of drug-likeness (QED) is 0.816. The molecule has 1 fully saturated rings. The fraction of sp³-hybridized carbons (Fsp3) is 0.348. The van der Waals surface area contributed by atoms with Gasteiger partial charge in [-0.05, 0) is 68.7 Å². The molecular formula is C23H24FN3O4. The fourth-order valence-corrected chi connectivity index (χ4v) is 3.83. The lowest BCUT2D eigenvalue weighted by molar-refractivity contribution is -0.133. The van der Waals surface area contributed by atoms with E-state index in [1.807, 2.05) is 0 Å². The number of nitrogens with one attached hydrogen (secondary N) is 1. The maximum atomic E-state index is 13.1. The van der Waals surface area contributed by atoms with Gasteiger partial charge in [0.25, 0.3) is 11.8 Å². The van der Waals surface area contributed by atoms with Crippen molar-refractivity contribution in [3.8, 4) is 5.75 Å². The molecule has 0 radical (unpaired) electrons. The Bertz CT molecular complexity index is 1000. The fourth-order valence-electron chi connectivity index (χ4n) is 3.83. The Morgan fingerprint density at radius 2 is 1.81 bits per heavy atom. The highest BCUT2D eigenvalue weighted by molar-refractivity contribution is 6.07. The van der Waals surface area contributed by atoms with Crippen molar-refractivity contribution < 1.29 is 23.5 Å². The van der Waals surface area contributed by atoms with E-state index in [0.29, 0.717) is 35.8 Å². The van der Waals surface area contributed by atoms with Crippen molar-refractivity contribution in [1.29, 1.82) is 0 Å². The maximum Gasteiger partial charge on any atom is 0.268 e. The molecule has 31 heavy (non-hydrogen) atoms. The minimum absolute atomic E-state index is 0.0745. The number of likely N-dealkylation sites (tertiary alicyclic amines) is 1. The minimum Gasteiger partial charge on any atom is -0.479 e. The SMILES string of the molecule is CC1Oc2ccc(NC(=O)c3ccc(F)cc3)cc2N(CC(=O)N2CCCCC2)C1=O. The van der Waals surface area contributed by atoms with Gasteiger partial charge in [-0.25, -0.2) is 4.39 Å². The van der Waals surface area contributed by atoms with Crippen molar-refractivity contribution in [3.63, 3.8) is 0 Å². The van der Waals surface area contributed by atoms with Crippen molar-refractivity contribution >= 4 is 29.1 Å². The highest BCUT2D eigenvalue weighted by Gasteiger charge is 2.34. The summed E-state index contributed by atoms with van der Waals surface area (Å²) in [5.74, 6) is -0.775. The molecule has 0 saturated carbocycles. The van der Waals surface area contributed by atoms with Gasteiger partial charge in [0.15, 0.2) is 6.10 Å². The zero-order chi connectivity index (χ0) is 22.0. The lowest BCUT2D eigenvalue weighted by atomic mass is 10.1. The number of fused-ring (bicyclic) bond motifs is 1. The van der Waals surface area contributed by atoms with Gasteiger partial charge in [-0.2, -0.15) is 0 Å². The molecule has 1 N–H and O–H groups in total. The lowest BCUT2D eigenvalue weighted by Crippen LogP contribution is -2.50. The number of ether oxygens (including phenoxy) is 1. The number of rotatable bonds is 4. The summed E-state index contributed by atoms with van der Waals surface area (Å²) in [6, 6.07) is 10.1. The second kappa shape index (κ2) is 8.75. The van der Waals surface area contributed by atoms with E-state index >= 15 is 0 Å². The largest absolute Gasteiger partial charge is 0.479 e. The van der Waals surface area contributed by atoms with Gasteiger partial charge in [0, 0.05) is 24.3 Å². The average Bonchev–Trinajstić information content (AvgIpc) is 2.78. The predicted molar refractivity (Wildman–Crippen MR) is 114 cm³/mol. The predicted octanol–water partition coefficient (Wildman–Crippen LogP) is 3.20. The normalized spacial score (nSPS) is 18.3. The van der Waals surface area contributed by atoms with Crippen LogP contribution >= 0.6 is 0 Å². The number of benzene rings is 2. The molecule has 2 aromatic rings. The van der Waals surface area contributed by atoms with Crippen LogP contribution in [0.4, 0.5) is 15.8 Å². The van der Waals surface area contributed by atoms with E-state index < -0.39 is 17.8 Å². The summed E-state index contributed by atoms with van der Waals surface area (Å²) >= 11 is 0. The van der Waals surface area contributed by atoms with Crippen molar-refractivity contribution in [2.75, 3.05) is 29.9 Å². The van der Waals surface area contributed by atoms with E-state index in [-0.39, 0.29) is 18.4 Å². The highest BCUT2D eigenvalue weighted by Crippen LogP contribution is 2.36. The molecule has 0 spiro atoms. The average molecular weight is 425 g/mol. The van der Waals surface area contributed by atoms with Crippen molar-refractivity contribution in [1.82, 2.24) is 4.90 Å². The van der Waals surface area contributed by atoms with Crippen LogP contribution < -0.4 is 15.0 Å². The van der Waals surface area contributed by atoms with Gasteiger partial charge in [0.1, 0.15) is 18.1 Å². The van der Waals surface area contributed by atoms with Gasteiger partial charge in [-0.1, -0.05) is 0 Å². The standard InChI is InChI=1S/C23H24FN3O4/c1-15-23(30)27(14-21(28)26-11-3-2-4-12-26)19-13-18(9-10-20(19)31-15)25-22(29)16-5-7-17(24)8-6-16/h5-10,13,15H,2-4,11-12,14H2,1H3,(H,25,29). The number of anilines is 2. The molecule has 2 aromatic carbocycles. The van der Waals surface area contributed by atoms with E-state index in [2.05, 4.69) is 5.32 Å². The van der Waals surface area contributed by atoms with E-state index in [1.54, 1.807) is 30.0 Å². The van der Waals surface area contributed by atoms with Crippen LogP contribution in [-0.4, -0.2) is 48.4 Å². The van der Waals surface area contributed by atoms with Crippen molar-refractivity contribution in [3.05, 3.63) is 53.8 Å². The molecule has 3 amide bonds. The Kier molecular flexibility index (Phi) is 5.88. The summed E-state index contributed by atoms with van der Waals surface area (Å²) in [6.07, 6.45) is 2.34. The maximum absolute atomic E-state index is 13.1. The molecule has 162 valence electrons. The summed E-state index contributed by atoms with van der Waals surface area (Å²) in [6.45, 7) is 2.98. The number of hydrogen-bond donors (Lipinski definition) is 1. The molecule has 0 aliphatic carbocycles. The van der Waals surface area contributed by atoms with E-state index in [0.717, 1.165) is 19.3 Å². The van der Waals surface area contributed by atoms with Crippen LogP contribution in [0.1, 0.15) is 36.5 Å².